The molecule has 1 aliphatic rings. The van der Waals surface area contributed by atoms with E-state index in [1.54, 1.807) is 12.1 Å². The van der Waals surface area contributed by atoms with Crippen LogP contribution < -0.4 is 9.47 Å². The highest BCUT2D eigenvalue weighted by atomic mass is 19.3. The molecular formula is C15H19F2NO4. The predicted molar refractivity (Wildman–Crippen MR) is 75.6 cm³/mol. The highest BCUT2D eigenvalue weighted by Gasteiger charge is 2.44. The number of carbonyl (C=O) groups is 1. The number of alkyl halides is 2. The van der Waals surface area contributed by atoms with Crippen molar-refractivity contribution >= 4 is 5.91 Å². The van der Waals surface area contributed by atoms with Crippen molar-refractivity contribution in [2.45, 2.75) is 12.3 Å². The molecule has 0 aromatic heterocycles. The fraction of sp³-hybridized carbons (Fsp3) is 0.533. The lowest BCUT2D eigenvalue weighted by Gasteiger charge is -2.37. The molecular weight excluding hydrogens is 296 g/mol. The molecule has 1 heterocycles. The van der Waals surface area contributed by atoms with Crippen molar-refractivity contribution in [3.63, 3.8) is 0 Å². The van der Waals surface area contributed by atoms with Crippen LogP contribution in [-0.2, 0) is 0 Å². The van der Waals surface area contributed by atoms with E-state index in [0.717, 1.165) is 0 Å². The van der Waals surface area contributed by atoms with Gasteiger partial charge < -0.3 is 19.5 Å². The number of amides is 1. The number of nitrogens with zero attached hydrogens (tertiary/aromatic N) is 1. The van der Waals surface area contributed by atoms with Crippen LogP contribution >= 0.6 is 0 Å². The predicted octanol–water partition coefficient (Wildman–Crippen LogP) is 1.79. The molecule has 0 radical (unpaired) electrons. The average molecular weight is 315 g/mol. The Hall–Kier alpha value is -1.89. The van der Waals surface area contributed by atoms with Crippen LogP contribution in [0, 0.1) is 5.92 Å². The van der Waals surface area contributed by atoms with Crippen molar-refractivity contribution in [2.24, 2.45) is 5.92 Å². The van der Waals surface area contributed by atoms with E-state index in [4.69, 9.17) is 14.6 Å². The van der Waals surface area contributed by atoms with E-state index in [0.29, 0.717) is 17.1 Å². The minimum Gasteiger partial charge on any atom is -0.493 e. The minimum atomic E-state index is -2.94. The smallest absolute Gasteiger partial charge is 0.256 e. The first kappa shape index (κ1) is 16.5. The molecule has 22 heavy (non-hydrogen) atoms. The fourth-order valence-electron chi connectivity index (χ4n) is 2.51. The van der Waals surface area contributed by atoms with Crippen LogP contribution in [0.15, 0.2) is 18.2 Å². The zero-order valence-electron chi connectivity index (χ0n) is 12.5. The molecule has 0 bridgehead atoms. The van der Waals surface area contributed by atoms with Gasteiger partial charge in [-0.25, -0.2) is 8.78 Å². The van der Waals surface area contributed by atoms with Gasteiger partial charge in [0.15, 0.2) is 11.5 Å². The second-order valence-electron chi connectivity index (χ2n) is 5.21. The van der Waals surface area contributed by atoms with Crippen molar-refractivity contribution in [2.75, 3.05) is 33.9 Å². The van der Waals surface area contributed by atoms with Gasteiger partial charge in [-0.05, 0) is 18.2 Å². The topological polar surface area (TPSA) is 59.0 Å². The summed E-state index contributed by atoms with van der Waals surface area (Å²) in [4.78, 5) is 13.8. The minimum absolute atomic E-state index is 0.0450. The Labute approximate surface area is 127 Å². The zero-order chi connectivity index (χ0) is 16.3. The monoisotopic (exact) mass is 315 g/mol. The number of halogens is 2. The Bertz CT molecular complexity index is 550. The van der Waals surface area contributed by atoms with Crippen LogP contribution in [0.1, 0.15) is 16.8 Å². The third kappa shape index (κ3) is 3.14. The second-order valence-corrected chi connectivity index (χ2v) is 5.21. The summed E-state index contributed by atoms with van der Waals surface area (Å²) in [6, 6.07) is 4.67. The van der Waals surface area contributed by atoms with Crippen molar-refractivity contribution in [3.05, 3.63) is 23.8 Å². The molecule has 1 aromatic carbocycles. The lowest BCUT2D eigenvalue weighted by Crippen LogP contribution is -2.50. The summed E-state index contributed by atoms with van der Waals surface area (Å²) in [6.07, 6.45) is -0.447. The Kier molecular flexibility index (Phi) is 4.85. The van der Waals surface area contributed by atoms with E-state index in [1.807, 2.05) is 0 Å². The summed E-state index contributed by atoms with van der Waals surface area (Å²) in [7, 11) is 2.94. The molecule has 1 amide bonds. The molecule has 1 atom stereocenters. The number of carbonyl (C=O) groups excluding carboxylic acids is 1. The Morgan fingerprint density at radius 1 is 1.36 bits per heavy atom. The standard InChI is InChI=1S/C15H19F2NO4/c1-21-12-4-3-10(7-13(12)22-2)14(20)18-6-5-15(16,17)11(8-18)9-19/h3-4,7,11,19H,5-6,8-9H2,1-2H3. The number of aliphatic hydroxyl groups is 1. The summed E-state index contributed by atoms with van der Waals surface area (Å²) in [6.45, 7) is -0.865. The number of methoxy groups -OCH3 is 2. The first-order valence-electron chi connectivity index (χ1n) is 6.93. The molecule has 0 aliphatic carbocycles. The molecule has 5 nitrogen and oxygen atoms in total. The van der Waals surface area contributed by atoms with Crippen LogP contribution in [0.2, 0.25) is 0 Å². The largest absolute Gasteiger partial charge is 0.493 e. The molecule has 1 N–H and O–H groups in total. The lowest BCUT2D eigenvalue weighted by atomic mass is 9.94. The Balaban J connectivity index is 2.18. The highest BCUT2D eigenvalue weighted by molar-refractivity contribution is 5.95. The van der Waals surface area contributed by atoms with Crippen LogP contribution in [0.3, 0.4) is 0 Å². The first-order chi connectivity index (χ1) is 10.4. The van der Waals surface area contributed by atoms with E-state index in [-0.39, 0.29) is 19.0 Å². The van der Waals surface area contributed by atoms with Gasteiger partial charge in [0.25, 0.3) is 11.8 Å². The number of hydrogen-bond acceptors (Lipinski definition) is 4. The van der Waals surface area contributed by atoms with Crippen molar-refractivity contribution in [1.29, 1.82) is 0 Å². The molecule has 1 aliphatic heterocycles. The van der Waals surface area contributed by atoms with Crippen LogP contribution in [0.5, 0.6) is 11.5 Å². The number of benzene rings is 1. The van der Waals surface area contributed by atoms with Gasteiger partial charge in [0, 0.05) is 25.1 Å². The number of likely N-dealkylation sites (tertiary alicyclic amines) is 1. The molecule has 122 valence electrons. The molecule has 7 heteroatoms. The van der Waals surface area contributed by atoms with E-state index < -0.39 is 24.9 Å². The fourth-order valence-corrected chi connectivity index (χ4v) is 2.51. The van der Waals surface area contributed by atoms with Crippen molar-refractivity contribution < 1.29 is 28.2 Å². The van der Waals surface area contributed by atoms with Gasteiger partial charge in [0.05, 0.1) is 26.7 Å². The summed E-state index contributed by atoms with van der Waals surface area (Å²) < 4.78 is 37.4. The van der Waals surface area contributed by atoms with Crippen LogP contribution in [0.25, 0.3) is 0 Å². The number of aliphatic hydroxyl groups excluding tert-OH is 1. The normalized spacial score (nSPS) is 20.6. The maximum Gasteiger partial charge on any atom is 0.256 e. The lowest BCUT2D eigenvalue weighted by molar-refractivity contribution is -0.113. The highest BCUT2D eigenvalue weighted by Crippen LogP contribution is 2.34. The summed E-state index contributed by atoms with van der Waals surface area (Å²) >= 11 is 0. The number of hydrogen-bond donors (Lipinski definition) is 1. The molecule has 2 rings (SSSR count). The molecule has 1 fully saturated rings. The third-order valence-electron chi connectivity index (χ3n) is 3.89. The SMILES string of the molecule is COc1ccc(C(=O)N2CCC(F)(F)C(CO)C2)cc1OC. The third-order valence-corrected chi connectivity index (χ3v) is 3.89. The summed E-state index contributed by atoms with van der Waals surface area (Å²) in [5, 5.41) is 9.09. The number of rotatable bonds is 4. The number of ether oxygens (including phenoxy) is 2. The summed E-state index contributed by atoms with van der Waals surface area (Å²) in [5.74, 6) is -3.66. The Morgan fingerprint density at radius 3 is 2.64 bits per heavy atom. The maximum absolute atomic E-state index is 13.6. The zero-order valence-corrected chi connectivity index (χ0v) is 12.5. The average Bonchev–Trinajstić information content (AvgIpc) is 2.53. The quantitative estimate of drug-likeness (QED) is 0.920. The number of piperidine rings is 1. The molecule has 1 unspecified atom stereocenters. The van der Waals surface area contributed by atoms with E-state index in [9.17, 15) is 13.6 Å². The van der Waals surface area contributed by atoms with Gasteiger partial charge in [0.1, 0.15) is 0 Å². The van der Waals surface area contributed by atoms with Gasteiger partial charge in [-0.2, -0.15) is 0 Å². The van der Waals surface area contributed by atoms with Gasteiger partial charge in [-0.1, -0.05) is 0 Å². The molecule has 0 spiro atoms. The van der Waals surface area contributed by atoms with Gasteiger partial charge >= 0.3 is 0 Å². The molecule has 0 saturated carbocycles. The van der Waals surface area contributed by atoms with E-state index >= 15 is 0 Å². The maximum atomic E-state index is 13.6. The van der Waals surface area contributed by atoms with Gasteiger partial charge in [-0.3, -0.25) is 4.79 Å². The van der Waals surface area contributed by atoms with Crippen LogP contribution in [-0.4, -0.2) is 55.8 Å². The van der Waals surface area contributed by atoms with Crippen LogP contribution in [0.4, 0.5) is 8.78 Å². The van der Waals surface area contributed by atoms with Gasteiger partial charge in [0.2, 0.25) is 0 Å². The Morgan fingerprint density at radius 2 is 2.05 bits per heavy atom. The second kappa shape index (κ2) is 6.48. The van der Waals surface area contributed by atoms with Gasteiger partial charge in [-0.15, -0.1) is 0 Å². The van der Waals surface area contributed by atoms with Crippen molar-refractivity contribution in [3.8, 4) is 11.5 Å². The molecule has 1 saturated heterocycles. The van der Waals surface area contributed by atoms with E-state index in [1.165, 1.54) is 25.2 Å². The van der Waals surface area contributed by atoms with E-state index in [2.05, 4.69) is 0 Å². The van der Waals surface area contributed by atoms with Crippen molar-refractivity contribution in [1.82, 2.24) is 4.90 Å². The summed E-state index contributed by atoms with van der Waals surface area (Å²) in [5.41, 5.74) is 0.333. The first-order valence-corrected chi connectivity index (χ1v) is 6.93. The molecule has 1 aromatic rings.